The molecule has 29 heavy (non-hydrogen) atoms. The molecule has 0 aliphatic rings. The molecule has 0 N–H and O–H groups in total. The Morgan fingerprint density at radius 1 is 1.17 bits per heavy atom. The third-order valence-corrected chi connectivity index (χ3v) is 5.59. The highest BCUT2D eigenvalue weighted by atomic mass is 32.1. The number of aromatic nitrogens is 2. The first-order chi connectivity index (χ1) is 13.8. The Balaban J connectivity index is 1.98. The molecule has 0 spiro atoms. The first kappa shape index (κ1) is 21.0. The molecule has 0 fully saturated rings. The van der Waals surface area contributed by atoms with Gasteiger partial charge < -0.3 is 9.47 Å². The molecule has 0 amide bonds. The van der Waals surface area contributed by atoms with E-state index in [9.17, 15) is 9.59 Å². The van der Waals surface area contributed by atoms with Gasteiger partial charge in [0.2, 0.25) is 0 Å². The van der Waals surface area contributed by atoms with Gasteiger partial charge in [-0.2, -0.15) is 0 Å². The van der Waals surface area contributed by atoms with Gasteiger partial charge in [0.25, 0.3) is 5.56 Å². The molecular weight excluding hydrogens is 388 g/mol. The maximum atomic E-state index is 13.2. The number of hydrogen-bond acceptors (Lipinski definition) is 6. The minimum Gasteiger partial charge on any atom is -0.491 e. The van der Waals surface area contributed by atoms with Crippen molar-refractivity contribution >= 4 is 27.5 Å². The van der Waals surface area contributed by atoms with Crippen LogP contribution in [0.15, 0.2) is 40.8 Å². The number of carbonyl (C=O) groups is 1. The van der Waals surface area contributed by atoms with Crippen molar-refractivity contribution in [3.63, 3.8) is 0 Å². The fourth-order valence-corrected chi connectivity index (χ4v) is 3.82. The Morgan fingerprint density at radius 3 is 2.48 bits per heavy atom. The maximum Gasteiger partial charge on any atom is 0.329 e. The highest BCUT2D eigenvalue weighted by Crippen LogP contribution is 2.32. The van der Waals surface area contributed by atoms with Crippen LogP contribution in [-0.4, -0.2) is 27.7 Å². The molecule has 2 heterocycles. The molecule has 3 aromatic rings. The molecule has 2 atom stereocenters. The Morgan fingerprint density at radius 2 is 1.86 bits per heavy atom. The summed E-state index contributed by atoms with van der Waals surface area (Å²) in [4.78, 5) is 30.6. The summed E-state index contributed by atoms with van der Waals surface area (Å²) in [6.45, 7) is 9.38. The fourth-order valence-electron chi connectivity index (χ4n) is 2.91. The molecule has 6 nitrogen and oxygen atoms in total. The second-order valence-electron chi connectivity index (χ2n) is 7.31. The number of esters is 1. The molecule has 1 aromatic carbocycles. The molecule has 2 aromatic heterocycles. The van der Waals surface area contributed by atoms with Gasteiger partial charge in [0.05, 0.1) is 23.9 Å². The van der Waals surface area contributed by atoms with Crippen molar-refractivity contribution in [2.75, 3.05) is 0 Å². The highest BCUT2D eigenvalue weighted by molar-refractivity contribution is 7.17. The van der Waals surface area contributed by atoms with Crippen LogP contribution in [0.25, 0.3) is 21.3 Å². The average molecular weight is 415 g/mol. The fraction of sp³-hybridized carbons (Fsp3) is 0.409. The van der Waals surface area contributed by atoms with E-state index in [2.05, 4.69) is 4.98 Å². The minimum absolute atomic E-state index is 0.0934. The van der Waals surface area contributed by atoms with E-state index in [4.69, 9.17) is 9.47 Å². The monoisotopic (exact) mass is 414 g/mol. The van der Waals surface area contributed by atoms with Crippen LogP contribution in [0.2, 0.25) is 0 Å². The summed E-state index contributed by atoms with van der Waals surface area (Å²) in [7, 11) is 0. The molecule has 154 valence electrons. The lowest BCUT2D eigenvalue weighted by Gasteiger charge is -2.17. The van der Waals surface area contributed by atoms with Crippen LogP contribution < -0.4 is 10.3 Å². The number of hydrogen-bond donors (Lipinski definition) is 0. The van der Waals surface area contributed by atoms with Gasteiger partial charge in [0.1, 0.15) is 16.6 Å². The van der Waals surface area contributed by atoms with E-state index in [0.717, 1.165) is 23.3 Å². The molecule has 0 aliphatic heterocycles. The Bertz CT molecular complexity index is 1050. The first-order valence-electron chi connectivity index (χ1n) is 9.77. The Kier molecular flexibility index (Phi) is 6.37. The average Bonchev–Trinajstić information content (AvgIpc) is 3.12. The number of carbonyl (C=O) groups excluding carboxylic acids is 1. The zero-order valence-electron chi connectivity index (χ0n) is 17.3. The van der Waals surface area contributed by atoms with E-state index in [1.54, 1.807) is 6.92 Å². The van der Waals surface area contributed by atoms with Crippen LogP contribution >= 0.6 is 11.3 Å². The predicted octanol–water partition coefficient (Wildman–Crippen LogP) is 4.81. The summed E-state index contributed by atoms with van der Waals surface area (Å²) in [5, 5.41) is 2.43. The summed E-state index contributed by atoms with van der Waals surface area (Å²) in [6, 6.07) is 6.88. The van der Waals surface area contributed by atoms with Crippen LogP contribution in [0.3, 0.4) is 0 Å². The van der Waals surface area contributed by atoms with Gasteiger partial charge in [-0.3, -0.25) is 9.36 Å². The van der Waals surface area contributed by atoms with Gasteiger partial charge in [-0.05, 0) is 51.8 Å². The summed E-state index contributed by atoms with van der Waals surface area (Å²) in [5.74, 6) is 0.342. The number of nitrogens with zero attached hydrogens (tertiary/aromatic N) is 2. The van der Waals surface area contributed by atoms with Crippen LogP contribution in [0.4, 0.5) is 0 Å². The van der Waals surface area contributed by atoms with E-state index in [1.165, 1.54) is 22.2 Å². The molecule has 0 radical (unpaired) electrons. The normalized spacial score (nSPS) is 13.4. The lowest BCUT2D eigenvalue weighted by molar-refractivity contribution is -0.152. The van der Waals surface area contributed by atoms with Crippen LogP contribution in [0.5, 0.6) is 5.75 Å². The third kappa shape index (κ3) is 4.50. The quantitative estimate of drug-likeness (QED) is 0.519. The van der Waals surface area contributed by atoms with E-state index >= 15 is 0 Å². The lowest BCUT2D eigenvalue weighted by atomic mass is 10.1. The van der Waals surface area contributed by atoms with E-state index in [-0.39, 0.29) is 17.8 Å². The minimum atomic E-state index is -0.747. The molecule has 0 unspecified atom stereocenters. The van der Waals surface area contributed by atoms with Gasteiger partial charge in [-0.25, -0.2) is 9.78 Å². The van der Waals surface area contributed by atoms with Gasteiger partial charge in [0.15, 0.2) is 0 Å². The molecule has 7 heteroatoms. The Hall–Kier alpha value is -2.67. The van der Waals surface area contributed by atoms with E-state index < -0.39 is 12.0 Å². The van der Waals surface area contributed by atoms with Crippen molar-refractivity contribution < 1.29 is 14.3 Å². The van der Waals surface area contributed by atoms with Crippen LogP contribution in [-0.2, 0) is 9.53 Å². The predicted molar refractivity (Wildman–Crippen MR) is 116 cm³/mol. The number of ether oxygens (including phenoxy) is 2. The van der Waals surface area contributed by atoms with Crippen molar-refractivity contribution in [3.05, 3.63) is 46.3 Å². The standard InChI is InChI=1S/C22H26N2O4S/c1-6-14(4)28-22(26)15(5)24-12-23-20-19(21(24)25)18(11-29-20)16-7-9-17(10-8-16)27-13(2)3/h7-15H,6H2,1-5H3/t14-,15-/m0/s1. The zero-order valence-corrected chi connectivity index (χ0v) is 18.2. The summed E-state index contributed by atoms with van der Waals surface area (Å²) >= 11 is 1.41. The second-order valence-corrected chi connectivity index (χ2v) is 8.17. The third-order valence-electron chi connectivity index (χ3n) is 4.71. The van der Waals surface area contributed by atoms with Crippen molar-refractivity contribution in [3.8, 4) is 16.9 Å². The largest absolute Gasteiger partial charge is 0.491 e. The molecular formula is C22H26N2O4S. The maximum absolute atomic E-state index is 13.2. The van der Waals surface area contributed by atoms with Gasteiger partial charge in [-0.15, -0.1) is 11.3 Å². The SMILES string of the molecule is CC[C@H](C)OC(=O)[C@H](C)n1cnc2scc(-c3ccc(OC(C)C)cc3)c2c1=O. The summed E-state index contributed by atoms with van der Waals surface area (Å²) < 4.78 is 12.4. The van der Waals surface area contributed by atoms with Gasteiger partial charge >= 0.3 is 5.97 Å². The highest BCUT2D eigenvalue weighted by Gasteiger charge is 2.22. The smallest absolute Gasteiger partial charge is 0.329 e. The van der Waals surface area contributed by atoms with Crippen LogP contribution in [0.1, 0.15) is 47.1 Å². The topological polar surface area (TPSA) is 70.4 Å². The van der Waals surface area contributed by atoms with Gasteiger partial charge in [-0.1, -0.05) is 19.1 Å². The molecule has 0 aliphatic carbocycles. The second kappa shape index (κ2) is 8.78. The van der Waals surface area contributed by atoms with Crippen molar-refractivity contribution in [1.29, 1.82) is 0 Å². The number of thiophene rings is 1. The molecule has 0 saturated carbocycles. The van der Waals surface area contributed by atoms with Crippen molar-refractivity contribution in [2.45, 2.75) is 59.3 Å². The summed E-state index contributed by atoms with van der Waals surface area (Å²) in [5.41, 5.74) is 1.46. The first-order valence-corrected chi connectivity index (χ1v) is 10.7. The van der Waals surface area contributed by atoms with E-state index in [0.29, 0.717) is 10.2 Å². The Labute approximate surface area is 174 Å². The molecule has 3 rings (SSSR count). The number of benzene rings is 1. The lowest BCUT2D eigenvalue weighted by Crippen LogP contribution is -2.31. The van der Waals surface area contributed by atoms with Gasteiger partial charge in [0, 0.05) is 10.9 Å². The zero-order chi connectivity index (χ0) is 21.1. The van der Waals surface area contributed by atoms with Crippen molar-refractivity contribution in [2.24, 2.45) is 0 Å². The number of fused-ring (bicyclic) bond motifs is 1. The summed E-state index contributed by atoms with van der Waals surface area (Å²) in [6.07, 6.45) is 2.04. The number of rotatable bonds is 7. The molecule has 0 bridgehead atoms. The van der Waals surface area contributed by atoms with Crippen molar-refractivity contribution in [1.82, 2.24) is 9.55 Å². The van der Waals surface area contributed by atoms with Crippen LogP contribution in [0, 0.1) is 0 Å². The molecule has 0 saturated heterocycles. The van der Waals surface area contributed by atoms with E-state index in [1.807, 2.05) is 57.3 Å².